The average Bonchev–Trinajstić information content (AvgIpc) is 3.30. The van der Waals surface area contributed by atoms with E-state index in [-0.39, 0.29) is 45.3 Å². The first-order valence-electron chi connectivity index (χ1n) is 9.18. The Morgan fingerprint density at radius 2 is 1.94 bits per heavy atom. The van der Waals surface area contributed by atoms with Crippen molar-refractivity contribution in [2.45, 2.75) is 24.7 Å². The van der Waals surface area contributed by atoms with E-state index in [0.717, 1.165) is 0 Å². The van der Waals surface area contributed by atoms with Crippen LogP contribution in [0.3, 0.4) is 0 Å². The summed E-state index contributed by atoms with van der Waals surface area (Å²) in [6.07, 6.45) is 0.902. The predicted molar refractivity (Wildman–Crippen MR) is 109 cm³/mol. The zero-order valence-corrected chi connectivity index (χ0v) is 17.1. The minimum absolute atomic E-state index is 0.0127. The average molecular weight is 464 g/mol. The number of oxime groups is 1. The fourth-order valence-electron chi connectivity index (χ4n) is 3.64. The number of hydrogen-bond donors (Lipinski definition) is 2. The van der Waals surface area contributed by atoms with Crippen molar-refractivity contribution in [2.75, 3.05) is 10.6 Å². The monoisotopic (exact) mass is 463 g/mol. The van der Waals surface area contributed by atoms with Crippen LogP contribution in [0.5, 0.6) is 11.5 Å². The van der Waals surface area contributed by atoms with E-state index in [9.17, 15) is 14.4 Å². The van der Waals surface area contributed by atoms with Crippen molar-refractivity contribution in [1.82, 2.24) is 0 Å². The number of hydrogen-bond acceptors (Lipinski definition) is 6. The molecule has 2 aromatic carbocycles. The summed E-state index contributed by atoms with van der Waals surface area (Å²) >= 11 is 12.5. The molecule has 0 unspecified atom stereocenters. The van der Waals surface area contributed by atoms with E-state index >= 15 is 4.39 Å². The van der Waals surface area contributed by atoms with Crippen LogP contribution < -0.4 is 15.4 Å². The van der Waals surface area contributed by atoms with Gasteiger partial charge in [0.25, 0.3) is 5.91 Å². The molecule has 2 N–H and O–H groups in total. The van der Waals surface area contributed by atoms with Crippen molar-refractivity contribution in [3.8, 4) is 11.5 Å². The SMILES string of the molecule is O=C1CC(C(=O)Nc2cc(Cl)c(Oc3ccc4c(c3F)C3(CC3)C(=O)N4)c(Cl)c2)=NO1. The lowest BCUT2D eigenvalue weighted by Gasteiger charge is -2.15. The number of nitrogens with one attached hydrogen (secondary N) is 2. The van der Waals surface area contributed by atoms with Gasteiger partial charge in [-0.1, -0.05) is 28.4 Å². The van der Waals surface area contributed by atoms with Crippen LogP contribution in [0.25, 0.3) is 0 Å². The number of halogens is 3. The molecule has 2 heterocycles. The van der Waals surface area contributed by atoms with Gasteiger partial charge in [0.2, 0.25) is 5.91 Å². The van der Waals surface area contributed by atoms with Crippen LogP contribution in [0.2, 0.25) is 10.0 Å². The molecule has 1 saturated carbocycles. The van der Waals surface area contributed by atoms with Crippen molar-refractivity contribution < 1.29 is 28.3 Å². The molecule has 158 valence electrons. The summed E-state index contributed by atoms with van der Waals surface area (Å²) in [5.41, 5.74) is 0.0276. The molecule has 1 spiro atoms. The van der Waals surface area contributed by atoms with Gasteiger partial charge in [0.15, 0.2) is 23.0 Å². The number of carbonyl (C=O) groups excluding carboxylic acids is 3. The van der Waals surface area contributed by atoms with E-state index in [1.807, 2.05) is 0 Å². The number of ether oxygens (including phenoxy) is 1. The zero-order valence-electron chi connectivity index (χ0n) is 15.6. The van der Waals surface area contributed by atoms with E-state index in [4.69, 9.17) is 27.9 Å². The number of anilines is 2. The Hall–Kier alpha value is -3.17. The minimum atomic E-state index is -0.825. The predicted octanol–water partition coefficient (Wildman–Crippen LogP) is 4.15. The fourth-order valence-corrected chi connectivity index (χ4v) is 4.20. The molecule has 0 saturated heterocycles. The molecule has 2 aliphatic heterocycles. The van der Waals surface area contributed by atoms with Crippen molar-refractivity contribution in [3.63, 3.8) is 0 Å². The lowest BCUT2D eigenvalue weighted by atomic mass is 9.97. The maximum Gasteiger partial charge on any atom is 0.341 e. The fraction of sp³-hybridized carbons (Fsp3) is 0.200. The first kappa shape index (κ1) is 19.8. The topological polar surface area (TPSA) is 106 Å². The highest BCUT2D eigenvalue weighted by Gasteiger charge is 2.58. The number of amides is 2. The van der Waals surface area contributed by atoms with Gasteiger partial charge in [-0.25, -0.2) is 9.18 Å². The third-order valence-corrected chi connectivity index (χ3v) is 5.88. The summed E-state index contributed by atoms with van der Waals surface area (Å²) in [5.74, 6) is -2.29. The van der Waals surface area contributed by atoms with Crippen LogP contribution in [-0.4, -0.2) is 23.5 Å². The Labute approximate surface area is 184 Å². The molecule has 1 fully saturated rings. The molecule has 5 rings (SSSR count). The first-order chi connectivity index (χ1) is 14.8. The Morgan fingerprint density at radius 1 is 1.23 bits per heavy atom. The number of carbonyl (C=O) groups is 3. The van der Waals surface area contributed by atoms with Crippen LogP contribution >= 0.6 is 23.2 Å². The largest absolute Gasteiger partial charge is 0.451 e. The molecule has 31 heavy (non-hydrogen) atoms. The van der Waals surface area contributed by atoms with Gasteiger partial charge < -0.3 is 20.2 Å². The number of fused-ring (bicyclic) bond motifs is 2. The lowest BCUT2D eigenvalue weighted by Crippen LogP contribution is -2.22. The quantitative estimate of drug-likeness (QED) is 0.662. The van der Waals surface area contributed by atoms with Crippen LogP contribution in [0.1, 0.15) is 24.8 Å². The second-order valence-electron chi connectivity index (χ2n) is 7.34. The minimum Gasteiger partial charge on any atom is -0.451 e. The van der Waals surface area contributed by atoms with Crippen LogP contribution in [0.15, 0.2) is 29.4 Å². The van der Waals surface area contributed by atoms with Crippen molar-refractivity contribution in [3.05, 3.63) is 45.7 Å². The summed E-state index contributed by atoms with van der Waals surface area (Å²) < 4.78 is 20.8. The van der Waals surface area contributed by atoms with Crippen molar-refractivity contribution in [2.24, 2.45) is 5.16 Å². The molecule has 1 aliphatic carbocycles. The maximum absolute atomic E-state index is 15.2. The normalized spacial score (nSPS) is 17.7. The van der Waals surface area contributed by atoms with Gasteiger partial charge in [0, 0.05) is 16.9 Å². The Morgan fingerprint density at radius 3 is 2.55 bits per heavy atom. The Balaban J connectivity index is 1.40. The number of rotatable bonds is 4. The zero-order chi connectivity index (χ0) is 21.9. The standard InChI is InChI=1S/C20H12Cl2FN3O5/c21-9-5-8(24-18(28)12-7-14(27)31-26-12)6-10(22)17(9)30-13-2-1-11-15(16(13)23)20(3-4-20)19(29)25-11/h1-2,5-6H,3-4,7H2,(H,24,28)(H,25,29). The van der Waals surface area contributed by atoms with E-state index in [1.165, 1.54) is 18.2 Å². The second kappa shape index (κ2) is 6.93. The smallest absolute Gasteiger partial charge is 0.341 e. The third-order valence-electron chi connectivity index (χ3n) is 5.32. The maximum atomic E-state index is 15.2. The molecular formula is C20H12Cl2FN3O5. The molecule has 8 nitrogen and oxygen atoms in total. The van der Waals surface area contributed by atoms with Gasteiger partial charge in [-0.15, -0.1) is 0 Å². The summed E-state index contributed by atoms with van der Waals surface area (Å²) in [4.78, 5) is 39.7. The molecular weight excluding hydrogens is 452 g/mol. The Kier molecular flexibility index (Phi) is 4.42. The van der Waals surface area contributed by atoms with E-state index in [0.29, 0.717) is 24.1 Å². The van der Waals surface area contributed by atoms with E-state index in [2.05, 4.69) is 20.6 Å². The summed E-state index contributed by atoms with van der Waals surface area (Å²) in [7, 11) is 0. The van der Waals surface area contributed by atoms with Crippen molar-refractivity contribution >= 4 is 58.1 Å². The summed E-state index contributed by atoms with van der Waals surface area (Å²) in [5, 5.41) is 8.60. The number of nitrogens with zero attached hydrogens (tertiary/aromatic N) is 1. The third kappa shape index (κ3) is 3.21. The van der Waals surface area contributed by atoms with Gasteiger partial charge in [0.05, 0.1) is 21.9 Å². The molecule has 3 aliphatic rings. The first-order valence-corrected chi connectivity index (χ1v) is 9.93. The van der Waals surface area contributed by atoms with E-state index < -0.39 is 23.1 Å². The highest BCUT2D eigenvalue weighted by Crippen LogP contribution is 2.57. The van der Waals surface area contributed by atoms with Crippen LogP contribution in [0, 0.1) is 5.82 Å². The molecule has 2 amide bonds. The second-order valence-corrected chi connectivity index (χ2v) is 8.15. The number of benzene rings is 2. The lowest BCUT2D eigenvalue weighted by molar-refractivity contribution is -0.140. The van der Waals surface area contributed by atoms with Crippen LogP contribution in [0.4, 0.5) is 15.8 Å². The molecule has 0 atom stereocenters. The molecule has 11 heteroatoms. The van der Waals surface area contributed by atoms with Crippen LogP contribution in [-0.2, 0) is 24.6 Å². The van der Waals surface area contributed by atoms with Gasteiger partial charge >= 0.3 is 5.97 Å². The van der Waals surface area contributed by atoms with Gasteiger partial charge in [0.1, 0.15) is 0 Å². The highest BCUT2D eigenvalue weighted by molar-refractivity contribution is 6.46. The van der Waals surface area contributed by atoms with Crippen molar-refractivity contribution in [1.29, 1.82) is 0 Å². The van der Waals surface area contributed by atoms with Gasteiger partial charge in [-0.2, -0.15) is 0 Å². The van der Waals surface area contributed by atoms with E-state index in [1.54, 1.807) is 6.07 Å². The molecule has 2 aromatic rings. The molecule has 0 bridgehead atoms. The Bertz CT molecular complexity index is 1200. The summed E-state index contributed by atoms with van der Waals surface area (Å²) in [6, 6.07) is 5.67. The summed E-state index contributed by atoms with van der Waals surface area (Å²) in [6.45, 7) is 0. The van der Waals surface area contributed by atoms with Gasteiger partial charge in [-0.3, -0.25) is 9.59 Å². The molecule has 0 radical (unpaired) electrons. The molecule has 0 aromatic heterocycles. The van der Waals surface area contributed by atoms with Gasteiger partial charge in [-0.05, 0) is 37.1 Å². The highest BCUT2D eigenvalue weighted by atomic mass is 35.5.